The first-order chi connectivity index (χ1) is 18.8. The lowest BCUT2D eigenvalue weighted by Crippen LogP contribution is -2.31. The Balaban J connectivity index is 1.59. The quantitative estimate of drug-likeness (QED) is 0.321. The number of hydrogen-bond acceptors (Lipinski definition) is 5. The molecule has 9 nitrogen and oxygen atoms in total. The third-order valence-corrected chi connectivity index (χ3v) is 7.34. The smallest absolute Gasteiger partial charge is 0.274 e. The van der Waals surface area contributed by atoms with Crippen LogP contribution in [0, 0.1) is 19.8 Å². The molecular weight excluding hydrogens is 494 g/mol. The minimum atomic E-state index is -0.259. The maximum Gasteiger partial charge on any atom is 0.274 e. The number of aryl methyl sites for hydroxylation is 3. The van der Waals surface area contributed by atoms with Gasteiger partial charge in [-0.25, -0.2) is 0 Å². The molecule has 0 saturated carbocycles. The summed E-state index contributed by atoms with van der Waals surface area (Å²) in [6, 6.07) is 11.9. The van der Waals surface area contributed by atoms with Crippen LogP contribution in [0.4, 0.5) is 0 Å². The van der Waals surface area contributed by atoms with Gasteiger partial charge in [0.2, 0.25) is 0 Å². The summed E-state index contributed by atoms with van der Waals surface area (Å²) in [6.07, 6.45) is 3.66. The van der Waals surface area contributed by atoms with Crippen molar-refractivity contribution in [3.8, 4) is 22.6 Å². The largest absolute Gasteiger partial charge is 0.456 e. The number of ether oxygens (including phenoxy) is 2. The van der Waals surface area contributed by atoms with E-state index in [1.807, 2.05) is 55.9 Å². The minimum absolute atomic E-state index is 0.211. The van der Waals surface area contributed by atoms with Gasteiger partial charge in [-0.15, -0.1) is 0 Å². The van der Waals surface area contributed by atoms with Gasteiger partial charge in [-0.2, -0.15) is 5.10 Å². The fraction of sp³-hybridized carbons (Fsp3) is 0.300. The molecule has 9 heteroatoms. The summed E-state index contributed by atoms with van der Waals surface area (Å²) >= 11 is 0. The molecule has 4 heterocycles. The molecule has 5 aromatic rings. The number of amides is 1. The summed E-state index contributed by atoms with van der Waals surface area (Å²) in [5, 5.41) is 9.09. The fourth-order valence-electron chi connectivity index (χ4n) is 5.18. The molecule has 0 aliphatic carbocycles. The Morgan fingerprint density at radius 2 is 1.95 bits per heavy atom. The SMILES string of the molecule is CCNC(=O)c1cc2c(-c3cc4c(cnn4CC4COC4)cc3Oc3c(C)cccc3C)cn(C)c(=O)c2[nH]1. The number of H-pyrrole nitrogens is 1. The van der Waals surface area contributed by atoms with Crippen molar-refractivity contribution in [2.45, 2.75) is 27.3 Å². The van der Waals surface area contributed by atoms with E-state index < -0.39 is 0 Å². The van der Waals surface area contributed by atoms with Crippen molar-refractivity contribution in [2.75, 3.05) is 19.8 Å². The van der Waals surface area contributed by atoms with Crippen LogP contribution < -0.4 is 15.6 Å². The van der Waals surface area contributed by atoms with E-state index in [1.165, 1.54) is 4.57 Å². The second kappa shape index (κ2) is 9.74. The van der Waals surface area contributed by atoms with Crippen LogP contribution in [0.2, 0.25) is 0 Å². The van der Waals surface area contributed by atoms with Crippen LogP contribution in [0.3, 0.4) is 0 Å². The number of aromatic amines is 1. The predicted molar refractivity (Wildman–Crippen MR) is 151 cm³/mol. The van der Waals surface area contributed by atoms with Crippen LogP contribution in [0.1, 0.15) is 28.5 Å². The molecule has 2 aromatic carbocycles. The number of rotatable bonds is 7. The zero-order valence-electron chi connectivity index (χ0n) is 22.5. The Morgan fingerprint density at radius 3 is 2.64 bits per heavy atom. The highest BCUT2D eigenvalue weighted by molar-refractivity contribution is 6.04. The number of nitrogens with zero attached hydrogens (tertiary/aromatic N) is 3. The average molecular weight is 526 g/mol. The van der Waals surface area contributed by atoms with Crippen molar-refractivity contribution in [3.05, 3.63) is 76.0 Å². The monoisotopic (exact) mass is 525 g/mol. The number of carbonyl (C=O) groups is 1. The van der Waals surface area contributed by atoms with Crippen molar-refractivity contribution in [1.82, 2.24) is 24.6 Å². The van der Waals surface area contributed by atoms with Crippen molar-refractivity contribution in [2.24, 2.45) is 13.0 Å². The van der Waals surface area contributed by atoms with Gasteiger partial charge in [0.25, 0.3) is 11.5 Å². The molecule has 0 unspecified atom stereocenters. The summed E-state index contributed by atoms with van der Waals surface area (Å²) < 4.78 is 15.6. The Bertz CT molecular complexity index is 1770. The first-order valence-electron chi connectivity index (χ1n) is 13.2. The Hall–Kier alpha value is -4.37. The molecule has 1 fully saturated rings. The van der Waals surface area contributed by atoms with Gasteiger partial charge in [-0.1, -0.05) is 18.2 Å². The topological polar surface area (TPSA) is 103 Å². The van der Waals surface area contributed by atoms with Gasteiger partial charge in [-0.05, 0) is 50.1 Å². The lowest BCUT2D eigenvalue weighted by Gasteiger charge is -2.26. The summed E-state index contributed by atoms with van der Waals surface area (Å²) in [5.74, 6) is 1.60. The van der Waals surface area contributed by atoms with Gasteiger partial charge >= 0.3 is 0 Å². The van der Waals surface area contributed by atoms with Crippen LogP contribution in [0.25, 0.3) is 32.9 Å². The third kappa shape index (κ3) is 4.38. The van der Waals surface area contributed by atoms with Crippen molar-refractivity contribution >= 4 is 27.7 Å². The summed E-state index contributed by atoms with van der Waals surface area (Å²) in [6.45, 7) is 8.61. The van der Waals surface area contributed by atoms with Gasteiger partial charge in [0.05, 0.1) is 24.9 Å². The number of benzene rings is 2. The Labute approximate surface area is 225 Å². The molecular formula is C30H31N5O4. The highest BCUT2D eigenvalue weighted by atomic mass is 16.5. The molecule has 0 atom stereocenters. The van der Waals surface area contributed by atoms with Gasteiger partial charge in [-0.3, -0.25) is 14.3 Å². The van der Waals surface area contributed by atoms with Crippen LogP contribution >= 0.6 is 0 Å². The maximum absolute atomic E-state index is 13.1. The van der Waals surface area contributed by atoms with Crippen molar-refractivity contribution in [3.63, 3.8) is 0 Å². The molecule has 3 aromatic heterocycles. The molecule has 1 amide bonds. The molecule has 6 rings (SSSR count). The van der Waals surface area contributed by atoms with Gasteiger partial charge < -0.3 is 24.3 Å². The van der Waals surface area contributed by atoms with Crippen LogP contribution in [0.5, 0.6) is 11.5 Å². The number of para-hydroxylation sites is 1. The van der Waals surface area contributed by atoms with E-state index >= 15 is 0 Å². The van der Waals surface area contributed by atoms with Crippen LogP contribution in [-0.2, 0) is 18.3 Å². The van der Waals surface area contributed by atoms with Gasteiger partial charge in [0.15, 0.2) is 0 Å². The predicted octanol–water partition coefficient (Wildman–Crippen LogP) is 4.69. The number of nitrogens with one attached hydrogen (secondary N) is 2. The molecule has 1 saturated heterocycles. The molecule has 2 N–H and O–H groups in total. The highest BCUT2D eigenvalue weighted by Gasteiger charge is 2.23. The average Bonchev–Trinajstić information content (AvgIpc) is 3.50. The molecule has 0 bridgehead atoms. The highest BCUT2D eigenvalue weighted by Crippen LogP contribution is 2.41. The van der Waals surface area contributed by atoms with Crippen molar-refractivity contribution in [1.29, 1.82) is 0 Å². The van der Waals surface area contributed by atoms with Crippen LogP contribution in [0.15, 0.2) is 53.6 Å². The fourth-order valence-corrected chi connectivity index (χ4v) is 5.18. The molecule has 39 heavy (non-hydrogen) atoms. The summed E-state index contributed by atoms with van der Waals surface area (Å²) in [4.78, 5) is 28.8. The van der Waals surface area contributed by atoms with Crippen molar-refractivity contribution < 1.29 is 14.3 Å². The standard InChI is InChI=1S/C30H31N5O4/c1-5-31-29(36)24-10-22-23(14-34(4)30(37)27(22)33-24)21-11-25-20(12-32-35(25)13-19-15-38-16-19)9-26(21)39-28-17(2)7-6-8-18(28)3/h6-12,14,19,33H,5,13,15-16H2,1-4H3,(H,31,36). The van der Waals surface area contributed by atoms with Crippen LogP contribution in [-0.4, -0.2) is 45.0 Å². The third-order valence-electron chi connectivity index (χ3n) is 7.34. The second-order valence-electron chi connectivity index (χ2n) is 10.3. The van der Waals surface area contributed by atoms with E-state index in [1.54, 1.807) is 19.3 Å². The van der Waals surface area contributed by atoms with Gasteiger partial charge in [0.1, 0.15) is 22.7 Å². The first kappa shape index (κ1) is 24.9. The number of hydrogen-bond donors (Lipinski definition) is 2. The molecule has 0 radical (unpaired) electrons. The Kier molecular flexibility index (Phi) is 6.23. The van der Waals surface area contributed by atoms with E-state index in [-0.39, 0.29) is 11.5 Å². The van der Waals surface area contributed by atoms with E-state index in [2.05, 4.69) is 21.5 Å². The van der Waals surface area contributed by atoms with E-state index in [0.29, 0.717) is 34.8 Å². The van der Waals surface area contributed by atoms with E-state index in [9.17, 15) is 9.59 Å². The number of pyridine rings is 1. The zero-order valence-corrected chi connectivity index (χ0v) is 22.5. The molecule has 0 spiro atoms. The molecule has 1 aliphatic heterocycles. The number of fused-ring (bicyclic) bond motifs is 2. The lowest BCUT2D eigenvalue weighted by atomic mass is 10.0. The van der Waals surface area contributed by atoms with E-state index in [0.717, 1.165) is 58.7 Å². The summed E-state index contributed by atoms with van der Waals surface area (Å²) in [7, 11) is 1.71. The first-order valence-corrected chi connectivity index (χ1v) is 13.2. The maximum atomic E-state index is 13.1. The molecule has 200 valence electrons. The Morgan fingerprint density at radius 1 is 1.18 bits per heavy atom. The minimum Gasteiger partial charge on any atom is -0.456 e. The van der Waals surface area contributed by atoms with E-state index in [4.69, 9.17) is 9.47 Å². The number of carbonyl (C=O) groups excluding carboxylic acids is 1. The summed E-state index contributed by atoms with van der Waals surface area (Å²) in [5.41, 5.74) is 5.09. The lowest BCUT2D eigenvalue weighted by molar-refractivity contribution is -0.0403. The zero-order chi connectivity index (χ0) is 27.3. The normalized spacial score (nSPS) is 13.6. The van der Waals surface area contributed by atoms with Gasteiger partial charge in [0, 0.05) is 54.2 Å². The second-order valence-corrected chi connectivity index (χ2v) is 10.3. The molecule has 1 aliphatic rings. The number of aromatic nitrogens is 4.